The minimum absolute atomic E-state index is 0.0732. The van der Waals surface area contributed by atoms with Crippen LogP contribution in [0, 0.1) is 0 Å². The maximum absolute atomic E-state index is 13.0. The van der Waals surface area contributed by atoms with Crippen LogP contribution < -0.4 is 14.7 Å². The van der Waals surface area contributed by atoms with Gasteiger partial charge in [-0.3, -0.25) is 0 Å². The maximum atomic E-state index is 13.0. The molecule has 23 heavy (non-hydrogen) atoms. The number of anilines is 2. The van der Waals surface area contributed by atoms with Gasteiger partial charge >= 0.3 is 6.18 Å². The quantitative estimate of drug-likeness (QED) is 0.788. The monoisotopic (exact) mass is 338 g/mol. The average molecular weight is 338 g/mol. The molecular weight excluding hydrogens is 327 g/mol. The Balaban J connectivity index is 1.82. The van der Waals surface area contributed by atoms with Crippen molar-refractivity contribution in [1.82, 2.24) is 4.98 Å². The molecule has 2 aliphatic heterocycles. The molecule has 0 saturated carbocycles. The summed E-state index contributed by atoms with van der Waals surface area (Å²) in [5, 5.41) is 1.22. The molecule has 1 aromatic rings. The Kier molecular flexibility index (Phi) is 3.65. The molecule has 0 atom stereocenters. The Morgan fingerprint density at radius 2 is 2.04 bits per heavy atom. The van der Waals surface area contributed by atoms with Gasteiger partial charge in [-0.15, -0.1) is 0 Å². The van der Waals surface area contributed by atoms with E-state index in [9.17, 15) is 22.0 Å². The Labute approximate surface area is 127 Å². The summed E-state index contributed by atoms with van der Waals surface area (Å²) in [6.45, 7) is -2.61. The van der Waals surface area contributed by atoms with Gasteiger partial charge in [0.05, 0.1) is 25.0 Å². The van der Waals surface area contributed by atoms with Gasteiger partial charge in [-0.05, 0) is 0 Å². The smallest absolute Gasteiger partial charge is 0.422 e. The van der Waals surface area contributed by atoms with E-state index in [-0.39, 0.29) is 23.9 Å². The summed E-state index contributed by atoms with van der Waals surface area (Å²) in [5.74, 6) is -2.90. The van der Waals surface area contributed by atoms with Crippen LogP contribution in [0.25, 0.3) is 0 Å². The van der Waals surface area contributed by atoms with E-state index in [1.54, 1.807) is 0 Å². The Hall–Kier alpha value is -2.33. The van der Waals surface area contributed by atoms with Crippen LogP contribution in [0.5, 0.6) is 5.75 Å². The number of pyridine rings is 1. The van der Waals surface area contributed by atoms with Gasteiger partial charge in [0.1, 0.15) is 5.75 Å². The third kappa shape index (κ3) is 3.54. The first kappa shape index (κ1) is 15.6. The summed E-state index contributed by atoms with van der Waals surface area (Å²) in [5.41, 5.74) is 0.0732. The molecule has 0 aromatic carbocycles. The van der Waals surface area contributed by atoms with E-state index in [0.717, 1.165) is 6.40 Å². The second-order valence-corrected chi connectivity index (χ2v) is 5.04. The molecule has 1 aromatic heterocycles. The van der Waals surface area contributed by atoms with Gasteiger partial charge in [0, 0.05) is 6.07 Å². The first-order valence-corrected chi connectivity index (χ1v) is 6.48. The summed E-state index contributed by atoms with van der Waals surface area (Å²) < 4.78 is 67.8. The van der Waals surface area contributed by atoms with Crippen LogP contribution in [0.1, 0.15) is 0 Å². The van der Waals surface area contributed by atoms with Gasteiger partial charge in [0.15, 0.2) is 19.1 Å². The SMILES string of the molecule is FC(F)(F)COc1cc(N2CN=CO2)ncc1N1CC(F)(F)C1. The molecule has 0 unspecified atom stereocenters. The average Bonchev–Trinajstić information content (AvgIpc) is 2.95. The standard InChI is InChI=1S/C12H11F5N4O2/c13-11(14)3-20(4-11)8-2-19-10(21-6-18-7-23-21)1-9(8)22-5-12(15,16)17/h1-2,7H,3-6H2. The summed E-state index contributed by atoms with van der Waals surface area (Å²) in [6, 6.07) is 1.20. The lowest BCUT2D eigenvalue weighted by Gasteiger charge is -2.40. The Bertz CT molecular complexity index is 606. The number of halogens is 5. The topological polar surface area (TPSA) is 50.2 Å². The number of hydrogen-bond donors (Lipinski definition) is 0. The predicted octanol–water partition coefficient (Wildman–Crippen LogP) is 2.22. The van der Waals surface area contributed by atoms with Crippen molar-refractivity contribution in [1.29, 1.82) is 0 Å². The second-order valence-electron chi connectivity index (χ2n) is 5.04. The fraction of sp³-hybridized carbons (Fsp3) is 0.500. The minimum Gasteiger partial charge on any atom is -0.482 e. The van der Waals surface area contributed by atoms with Crippen molar-refractivity contribution >= 4 is 17.9 Å². The van der Waals surface area contributed by atoms with Crippen LogP contribution in [-0.2, 0) is 4.84 Å². The van der Waals surface area contributed by atoms with Crippen LogP contribution in [0.3, 0.4) is 0 Å². The van der Waals surface area contributed by atoms with Crippen LogP contribution >= 0.6 is 0 Å². The van der Waals surface area contributed by atoms with Crippen molar-refractivity contribution in [3.63, 3.8) is 0 Å². The Morgan fingerprint density at radius 3 is 2.61 bits per heavy atom. The van der Waals surface area contributed by atoms with Crippen LogP contribution in [0.15, 0.2) is 17.3 Å². The van der Waals surface area contributed by atoms with E-state index >= 15 is 0 Å². The predicted molar refractivity (Wildman–Crippen MR) is 69.9 cm³/mol. The molecule has 2 aliphatic rings. The van der Waals surface area contributed by atoms with Gasteiger partial charge in [-0.25, -0.2) is 18.8 Å². The number of rotatable bonds is 4. The molecule has 0 amide bonds. The molecule has 126 valence electrons. The molecule has 3 heterocycles. The summed E-state index contributed by atoms with van der Waals surface area (Å²) in [4.78, 5) is 13.9. The zero-order valence-electron chi connectivity index (χ0n) is 11.6. The number of hydrogen-bond acceptors (Lipinski definition) is 6. The van der Waals surface area contributed by atoms with E-state index in [1.807, 2.05) is 0 Å². The lowest BCUT2D eigenvalue weighted by atomic mass is 10.1. The third-order valence-electron chi connectivity index (χ3n) is 3.12. The summed E-state index contributed by atoms with van der Waals surface area (Å²) in [6.07, 6.45) is -2.22. The molecule has 0 bridgehead atoms. The highest BCUT2D eigenvalue weighted by molar-refractivity contribution is 5.64. The fourth-order valence-electron chi connectivity index (χ4n) is 2.11. The molecule has 1 saturated heterocycles. The molecule has 0 spiro atoms. The molecule has 0 radical (unpaired) electrons. The van der Waals surface area contributed by atoms with Crippen molar-refractivity contribution in [3.8, 4) is 5.75 Å². The third-order valence-corrected chi connectivity index (χ3v) is 3.12. The van der Waals surface area contributed by atoms with E-state index in [1.165, 1.54) is 22.2 Å². The zero-order chi connectivity index (χ0) is 16.7. The maximum Gasteiger partial charge on any atom is 0.422 e. The highest BCUT2D eigenvalue weighted by Crippen LogP contribution is 2.39. The first-order valence-electron chi connectivity index (χ1n) is 6.48. The molecule has 3 rings (SSSR count). The number of nitrogens with zero attached hydrogens (tertiary/aromatic N) is 4. The lowest BCUT2D eigenvalue weighted by molar-refractivity contribution is -0.153. The highest BCUT2D eigenvalue weighted by Gasteiger charge is 2.45. The second kappa shape index (κ2) is 5.39. The van der Waals surface area contributed by atoms with E-state index in [0.29, 0.717) is 0 Å². The van der Waals surface area contributed by atoms with Crippen LogP contribution in [0.4, 0.5) is 33.5 Å². The molecule has 6 nitrogen and oxygen atoms in total. The van der Waals surface area contributed by atoms with E-state index in [2.05, 4.69) is 9.98 Å². The zero-order valence-corrected chi connectivity index (χ0v) is 11.6. The van der Waals surface area contributed by atoms with Gasteiger partial charge in [0.25, 0.3) is 5.92 Å². The number of aromatic nitrogens is 1. The van der Waals surface area contributed by atoms with E-state index in [4.69, 9.17) is 9.57 Å². The number of ether oxygens (including phenoxy) is 1. The highest BCUT2D eigenvalue weighted by atomic mass is 19.4. The van der Waals surface area contributed by atoms with E-state index < -0.39 is 31.8 Å². The van der Waals surface area contributed by atoms with Crippen molar-refractivity contribution in [2.24, 2.45) is 4.99 Å². The van der Waals surface area contributed by atoms with Gasteiger partial charge in [0.2, 0.25) is 6.40 Å². The largest absolute Gasteiger partial charge is 0.482 e. The molecule has 0 aliphatic carbocycles. The number of aliphatic imine (C=N–C) groups is 1. The normalized spacial score (nSPS) is 19.5. The van der Waals surface area contributed by atoms with Crippen LogP contribution in [-0.4, -0.2) is 49.8 Å². The minimum atomic E-state index is -4.55. The molecule has 1 fully saturated rings. The Morgan fingerprint density at radius 1 is 1.30 bits per heavy atom. The molecule has 11 heteroatoms. The van der Waals surface area contributed by atoms with Gasteiger partial charge in [-0.2, -0.15) is 18.2 Å². The first-order chi connectivity index (χ1) is 10.7. The molecule has 0 N–H and O–H groups in total. The van der Waals surface area contributed by atoms with Crippen molar-refractivity contribution in [2.75, 3.05) is 36.3 Å². The fourth-order valence-corrected chi connectivity index (χ4v) is 2.11. The number of alkyl halides is 5. The van der Waals surface area contributed by atoms with Crippen molar-refractivity contribution in [3.05, 3.63) is 12.3 Å². The van der Waals surface area contributed by atoms with Gasteiger partial charge in [-0.1, -0.05) is 0 Å². The summed E-state index contributed by atoms with van der Waals surface area (Å²) >= 11 is 0. The van der Waals surface area contributed by atoms with Crippen molar-refractivity contribution in [2.45, 2.75) is 12.1 Å². The number of hydroxylamine groups is 1. The van der Waals surface area contributed by atoms with Gasteiger partial charge < -0.3 is 14.5 Å². The lowest BCUT2D eigenvalue weighted by Crippen LogP contribution is -2.56. The summed E-state index contributed by atoms with van der Waals surface area (Å²) in [7, 11) is 0. The molecular formula is C12H11F5N4O2. The van der Waals surface area contributed by atoms with Crippen molar-refractivity contribution < 1.29 is 31.5 Å². The van der Waals surface area contributed by atoms with Crippen LogP contribution in [0.2, 0.25) is 0 Å².